The molecule has 0 aromatic carbocycles. The van der Waals surface area contributed by atoms with Gasteiger partial charge in [0.25, 0.3) is 0 Å². The second-order valence-corrected chi connectivity index (χ2v) is 1.96. The average molecular weight is 312 g/mol. The molecule has 0 rings (SSSR count). The zero-order chi connectivity index (χ0) is 7.86. The molecular weight excluding hydrogens is 302 g/mol. The Kier molecular flexibility index (Phi) is 10.8. The molecule has 2 unspecified atom stereocenters. The molecule has 0 bridgehead atoms. The Balaban J connectivity index is 0. The van der Waals surface area contributed by atoms with Gasteiger partial charge in [0.1, 0.15) is 0 Å². The van der Waals surface area contributed by atoms with Crippen LogP contribution in [0.1, 0.15) is 13.8 Å². The van der Waals surface area contributed by atoms with Crippen LogP contribution in [0.2, 0.25) is 0 Å². The molecule has 0 heterocycles. The van der Waals surface area contributed by atoms with Gasteiger partial charge < -0.3 is 10.2 Å². The van der Waals surface area contributed by atoms with Crippen LogP contribution in [0.3, 0.4) is 0 Å². The zero-order valence-corrected chi connectivity index (χ0v) is 7.76. The molecule has 9 heavy (non-hydrogen) atoms. The zero-order valence-electron chi connectivity index (χ0n) is 5.22. The van der Waals surface area contributed by atoms with E-state index in [1.165, 1.54) is 0 Å². The fourth-order valence-corrected chi connectivity index (χ4v) is 0. The van der Waals surface area contributed by atoms with Gasteiger partial charge in [0.2, 0.25) is 0 Å². The number of hydrogen-bond donors (Lipinski definition) is 2. The van der Waals surface area contributed by atoms with E-state index in [1.807, 2.05) is 0 Å². The molecule has 0 saturated carbocycles. The molecule has 0 radical (unpaired) electrons. The maximum absolute atomic E-state index is 8.51. The van der Waals surface area contributed by atoms with Gasteiger partial charge in [-0.25, -0.2) is 0 Å². The normalized spacial score (nSPS) is 15.1. The molecular formula is C4H10O4Os. The number of aliphatic hydroxyl groups is 2. The molecule has 58 valence electrons. The van der Waals surface area contributed by atoms with Crippen molar-refractivity contribution in [2.45, 2.75) is 26.1 Å². The topological polar surface area (TPSA) is 74.6 Å². The predicted molar refractivity (Wildman–Crippen MR) is 24.7 cm³/mol. The summed E-state index contributed by atoms with van der Waals surface area (Å²) < 4.78 is 17.0. The van der Waals surface area contributed by atoms with E-state index >= 15 is 0 Å². The van der Waals surface area contributed by atoms with Crippen molar-refractivity contribution in [3.63, 3.8) is 0 Å². The van der Waals surface area contributed by atoms with Gasteiger partial charge in [-0.3, -0.25) is 0 Å². The standard InChI is InChI=1S/C4H10O2.2O.Os/c1-3(5)4(2)6;;;/h3-6H,1-2H3;;;. The fourth-order valence-electron chi connectivity index (χ4n) is 0. The maximum atomic E-state index is 8.51. The first-order chi connectivity index (χ1) is 4.06. The third-order valence-electron chi connectivity index (χ3n) is 0.698. The SMILES string of the molecule is CC(O)C(C)O.[O]=[Os]=[O]. The van der Waals surface area contributed by atoms with Crippen LogP contribution in [-0.2, 0) is 24.4 Å². The summed E-state index contributed by atoms with van der Waals surface area (Å²) in [5.74, 6) is 0. The molecule has 4 nitrogen and oxygen atoms in total. The molecule has 0 aromatic heterocycles. The van der Waals surface area contributed by atoms with E-state index in [2.05, 4.69) is 0 Å². The van der Waals surface area contributed by atoms with Crippen molar-refractivity contribution < 1.29 is 34.6 Å². The van der Waals surface area contributed by atoms with Crippen LogP contribution in [-0.4, -0.2) is 22.4 Å². The summed E-state index contributed by atoms with van der Waals surface area (Å²) in [6.45, 7) is 3.09. The Morgan fingerprint density at radius 3 is 1.22 bits per heavy atom. The molecule has 0 aliphatic heterocycles. The first-order valence-corrected chi connectivity index (χ1v) is 4.37. The van der Waals surface area contributed by atoms with Gasteiger partial charge in [-0.2, -0.15) is 0 Å². The second kappa shape index (κ2) is 8.16. The number of aliphatic hydroxyl groups excluding tert-OH is 2. The Bertz CT molecular complexity index is 78.6. The summed E-state index contributed by atoms with van der Waals surface area (Å²) in [4.78, 5) is 0. The fraction of sp³-hybridized carbons (Fsp3) is 1.00. The molecule has 0 aromatic rings. The predicted octanol–water partition coefficient (Wildman–Crippen LogP) is -0.492. The van der Waals surface area contributed by atoms with Gasteiger partial charge in [-0.05, 0) is 13.8 Å². The summed E-state index contributed by atoms with van der Waals surface area (Å²) in [6, 6.07) is 0. The summed E-state index contributed by atoms with van der Waals surface area (Å²) in [5, 5.41) is 16.8. The van der Waals surface area contributed by atoms with Crippen LogP contribution in [0.25, 0.3) is 0 Å². The second-order valence-electron chi connectivity index (χ2n) is 1.54. The summed E-state index contributed by atoms with van der Waals surface area (Å²) in [7, 11) is 0. The first-order valence-electron chi connectivity index (χ1n) is 2.29. The van der Waals surface area contributed by atoms with Crippen molar-refractivity contribution in [2.75, 3.05) is 0 Å². The van der Waals surface area contributed by atoms with E-state index in [1.54, 1.807) is 13.8 Å². The Hall–Kier alpha value is 0.156. The average Bonchev–Trinajstić information content (AvgIpc) is 1.68. The minimum absolute atomic E-state index is 0.593. The van der Waals surface area contributed by atoms with E-state index in [0.29, 0.717) is 0 Å². The first kappa shape index (κ1) is 11.9. The van der Waals surface area contributed by atoms with Crippen molar-refractivity contribution in [1.82, 2.24) is 0 Å². The molecule has 0 fully saturated rings. The van der Waals surface area contributed by atoms with Crippen molar-refractivity contribution in [2.24, 2.45) is 0 Å². The third-order valence-corrected chi connectivity index (χ3v) is 0.698. The summed E-state index contributed by atoms with van der Waals surface area (Å²) >= 11 is -2.08. The van der Waals surface area contributed by atoms with Crippen LogP contribution >= 0.6 is 0 Å². The van der Waals surface area contributed by atoms with Gasteiger partial charge >= 0.3 is 24.4 Å². The van der Waals surface area contributed by atoms with Crippen LogP contribution in [0.15, 0.2) is 0 Å². The van der Waals surface area contributed by atoms with Gasteiger partial charge in [0, 0.05) is 0 Å². The van der Waals surface area contributed by atoms with E-state index in [4.69, 9.17) is 17.3 Å². The van der Waals surface area contributed by atoms with Crippen molar-refractivity contribution in [3.8, 4) is 0 Å². The van der Waals surface area contributed by atoms with Crippen molar-refractivity contribution in [3.05, 3.63) is 0 Å². The van der Waals surface area contributed by atoms with Gasteiger partial charge in [-0.15, -0.1) is 0 Å². The Labute approximate surface area is 61.2 Å². The van der Waals surface area contributed by atoms with E-state index in [9.17, 15) is 0 Å². The molecule has 2 N–H and O–H groups in total. The van der Waals surface area contributed by atoms with Gasteiger partial charge in [-0.1, -0.05) is 0 Å². The van der Waals surface area contributed by atoms with E-state index in [0.717, 1.165) is 0 Å². The Morgan fingerprint density at radius 2 is 1.22 bits per heavy atom. The molecule has 0 amide bonds. The van der Waals surface area contributed by atoms with Crippen LogP contribution in [0, 0.1) is 0 Å². The van der Waals surface area contributed by atoms with Crippen molar-refractivity contribution >= 4 is 0 Å². The van der Waals surface area contributed by atoms with E-state index in [-0.39, 0.29) is 0 Å². The van der Waals surface area contributed by atoms with Crippen molar-refractivity contribution in [1.29, 1.82) is 0 Å². The van der Waals surface area contributed by atoms with Gasteiger partial charge in [0.15, 0.2) is 0 Å². The molecule has 0 aliphatic carbocycles. The quantitative estimate of drug-likeness (QED) is 0.685. The monoisotopic (exact) mass is 314 g/mol. The van der Waals surface area contributed by atoms with Gasteiger partial charge in [0.05, 0.1) is 12.2 Å². The molecule has 0 saturated heterocycles. The van der Waals surface area contributed by atoms with E-state index < -0.39 is 29.5 Å². The third kappa shape index (κ3) is 17.9. The van der Waals surface area contributed by atoms with Crippen LogP contribution in [0.4, 0.5) is 0 Å². The van der Waals surface area contributed by atoms with Crippen LogP contribution < -0.4 is 0 Å². The molecule has 0 aliphatic rings. The summed E-state index contributed by atoms with van der Waals surface area (Å²) in [5.41, 5.74) is 0. The summed E-state index contributed by atoms with van der Waals surface area (Å²) in [6.07, 6.45) is -1.19. The van der Waals surface area contributed by atoms with Crippen LogP contribution in [0.5, 0.6) is 0 Å². The molecule has 0 spiro atoms. The minimum atomic E-state index is -2.08. The number of rotatable bonds is 1. The number of hydrogen-bond acceptors (Lipinski definition) is 4. The Morgan fingerprint density at radius 1 is 1.11 bits per heavy atom. The molecule has 5 heteroatoms. The molecule has 2 atom stereocenters.